The summed E-state index contributed by atoms with van der Waals surface area (Å²) in [5.41, 5.74) is 9.16. The van der Waals surface area contributed by atoms with Crippen LogP contribution in [0.15, 0.2) is 54.7 Å². The molecule has 4 aromatic rings. The van der Waals surface area contributed by atoms with Gasteiger partial charge in [0.15, 0.2) is 0 Å². The van der Waals surface area contributed by atoms with Crippen molar-refractivity contribution in [1.82, 2.24) is 14.5 Å². The maximum absolute atomic E-state index is 5.01. The van der Waals surface area contributed by atoms with Gasteiger partial charge in [-0.05, 0) is 62.1 Å². The molecule has 1 saturated carbocycles. The van der Waals surface area contributed by atoms with E-state index >= 15 is 0 Å². The van der Waals surface area contributed by atoms with E-state index in [9.17, 15) is 0 Å². The maximum Gasteiger partial charge on any atom is 0.137 e. The first-order chi connectivity index (χ1) is 15.7. The number of hydrogen-bond donors (Lipinski definition) is 0. The Morgan fingerprint density at radius 3 is 2.69 bits per heavy atom. The Kier molecular flexibility index (Phi) is 3.71. The van der Waals surface area contributed by atoms with E-state index in [1.165, 1.54) is 65.7 Å². The first kappa shape index (κ1) is 18.4. The van der Waals surface area contributed by atoms with Gasteiger partial charge < -0.3 is 4.90 Å². The number of pyridine rings is 1. The predicted octanol–water partition coefficient (Wildman–Crippen LogP) is 6.38. The fourth-order valence-corrected chi connectivity index (χ4v) is 6.79. The first-order valence-electron chi connectivity index (χ1n) is 12.0. The molecule has 2 aromatic carbocycles. The van der Waals surface area contributed by atoms with Crippen LogP contribution >= 0.6 is 0 Å². The molecule has 0 bridgehead atoms. The summed E-state index contributed by atoms with van der Waals surface area (Å²) in [6.07, 6.45) is 9.39. The van der Waals surface area contributed by atoms with Gasteiger partial charge in [-0.3, -0.25) is 4.57 Å². The minimum absolute atomic E-state index is 0.217. The van der Waals surface area contributed by atoms with Crippen molar-refractivity contribution in [3.05, 3.63) is 77.2 Å². The van der Waals surface area contributed by atoms with Crippen molar-refractivity contribution in [3.8, 4) is 5.69 Å². The lowest BCUT2D eigenvalue weighted by atomic mass is 9.67. The van der Waals surface area contributed by atoms with Gasteiger partial charge in [0.2, 0.25) is 0 Å². The number of fused-ring (bicyclic) bond motifs is 7. The molecular formula is C28H28N4. The van der Waals surface area contributed by atoms with Crippen molar-refractivity contribution >= 4 is 22.5 Å². The highest BCUT2D eigenvalue weighted by atomic mass is 15.3. The van der Waals surface area contributed by atoms with Gasteiger partial charge in [0.1, 0.15) is 11.6 Å². The van der Waals surface area contributed by atoms with Gasteiger partial charge in [-0.15, -0.1) is 0 Å². The topological polar surface area (TPSA) is 34.0 Å². The van der Waals surface area contributed by atoms with E-state index in [-0.39, 0.29) is 5.41 Å². The zero-order chi connectivity index (χ0) is 21.4. The number of aryl methyl sites for hydroxylation is 1. The van der Waals surface area contributed by atoms with Crippen molar-refractivity contribution in [2.45, 2.75) is 63.8 Å². The van der Waals surface area contributed by atoms with Gasteiger partial charge >= 0.3 is 0 Å². The van der Waals surface area contributed by atoms with E-state index < -0.39 is 0 Å². The Balaban J connectivity index is 1.44. The molecule has 4 nitrogen and oxygen atoms in total. The fraction of sp³-hybridized carbons (Fsp3) is 0.357. The van der Waals surface area contributed by atoms with Gasteiger partial charge in [0, 0.05) is 35.3 Å². The summed E-state index contributed by atoms with van der Waals surface area (Å²) in [4.78, 5) is 12.5. The molecule has 7 rings (SSSR count). The number of benzene rings is 2. The first-order valence-corrected chi connectivity index (χ1v) is 12.0. The number of imidazole rings is 1. The van der Waals surface area contributed by atoms with Crippen LogP contribution in [-0.2, 0) is 11.8 Å². The molecule has 0 saturated heterocycles. The smallest absolute Gasteiger partial charge is 0.137 e. The highest BCUT2D eigenvalue weighted by molar-refractivity contribution is 5.87. The number of hydrogen-bond acceptors (Lipinski definition) is 3. The minimum atomic E-state index is 0.217. The minimum Gasteiger partial charge on any atom is -0.322 e. The molecule has 32 heavy (non-hydrogen) atoms. The average molecular weight is 421 g/mol. The molecule has 2 aliphatic heterocycles. The van der Waals surface area contributed by atoms with E-state index in [1.54, 1.807) is 0 Å². The van der Waals surface area contributed by atoms with E-state index in [2.05, 4.69) is 71.8 Å². The summed E-state index contributed by atoms with van der Waals surface area (Å²) >= 11 is 0. The maximum atomic E-state index is 5.01. The zero-order valence-corrected chi connectivity index (χ0v) is 18.8. The van der Waals surface area contributed by atoms with E-state index in [0.29, 0.717) is 6.04 Å². The Morgan fingerprint density at radius 2 is 1.81 bits per heavy atom. The van der Waals surface area contributed by atoms with Crippen molar-refractivity contribution in [1.29, 1.82) is 0 Å². The lowest BCUT2D eigenvalue weighted by Crippen LogP contribution is -2.42. The Labute approximate surface area is 188 Å². The monoisotopic (exact) mass is 420 g/mol. The van der Waals surface area contributed by atoms with E-state index in [1.807, 2.05) is 6.20 Å². The zero-order valence-electron chi connectivity index (χ0n) is 18.8. The van der Waals surface area contributed by atoms with Gasteiger partial charge in [0.05, 0.1) is 16.7 Å². The third-order valence-corrected chi connectivity index (χ3v) is 8.37. The number of anilines is 2. The Hall–Kier alpha value is -3.14. The summed E-state index contributed by atoms with van der Waals surface area (Å²) in [6, 6.07) is 18.2. The molecule has 160 valence electrons. The average Bonchev–Trinajstić information content (AvgIpc) is 3.42. The van der Waals surface area contributed by atoms with Crippen molar-refractivity contribution in [2.75, 3.05) is 4.90 Å². The highest BCUT2D eigenvalue weighted by Gasteiger charge is 2.50. The van der Waals surface area contributed by atoms with E-state index in [4.69, 9.17) is 9.97 Å². The van der Waals surface area contributed by atoms with E-state index in [0.717, 1.165) is 23.6 Å². The molecule has 0 radical (unpaired) electrons. The second-order valence-corrected chi connectivity index (χ2v) is 9.93. The van der Waals surface area contributed by atoms with Crippen LogP contribution in [0.2, 0.25) is 0 Å². The molecule has 1 atom stereocenters. The number of nitrogens with zero attached hydrogens (tertiary/aromatic N) is 4. The fourth-order valence-electron chi connectivity index (χ4n) is 6.79. The van der Waals surface area contributed by atoms with Crippen molar-refractivity contribution in [3.63, 3.8) is 0 Å². The van der Waals surface area contributed by atoms with Gasteiger partial charge in [-0.2, -0.15) is 0 Å². The van der Waals surface area contributed by atoms with Gasteiger partial charge in [-0.1, -0.05) is 43.5 Å². The largest absolute Gasteiger partial charge is 0.322 e. The summed E-state index contributed by atoms with van der Waals surface area (Å²) in [5.74, 6) is 2.31. The van der Waals surface area contributed by atoms with Gasteiger partial charge in [-0.25, -0.2) is 9.97 Å². The lowest BCUT2D eigenvalue weighted by molar-refractivity contribution is 0.268. The summed E-state index contributed by atoms with van der Waals surface area (Å²) in [7, 11) is 0. The Morgan fingerprint density at radius 1 is 0.969 bits per heavy atom. The van der Waals surface area contributed by atoms with Crippen LogP contribution in [0, 0.1) is 6.92 Å². The molecule has 1 spiro atoms. The molecule has 1 aliphatic carbocycles. The van der Waals surface area contributed by atoms with Crippen molar-refractivity contribution in [2.24, 2.45) is 0 Å². The lowest BCUT2D eigenvalue weighted by Gasteiger charge is -2.40. The summed E-state index contributed by atoms with van der Waals surface area (Å²) in [5, 5.41) is 0. The van der Waals surface area contributed by atoms with Crippen LogP contribution in [0.5, 0.6) is 0 Å². The molecule has 2 aromatic heterocycles. The molecule has 4 heteroatoms. The standard InChI is InChI=1S/C28H28N4/c1-18-15-22-25(32-23-11-5-4-9-20(23)16-26(32)30-22)17-24(18)31-19(2)28(12-6-3-7-13-28)21-10-8-14-29-27(21)31/h4-5,8-11,14-15,17,19H,3,6-7,12-13,16H2,1-2H3. The number of aromatic nitrogens is 3. The number of rotatable bonds is 1. The van der Waals surface area contributed by atoms with Gasteiger partial charge in [0.25, 0.3) is 0 Å². The molecule has 1 unspecified atom stereocenters. The second-order valence-electron chi connectivity index (χ2n) is 9.93. The third-order valence-electron chi connectivity index (χ3n) is 8.37. The molecule has 4 heterocycles. The predicted molar refractivity (Wildman–Crippen MR) is 129 cm³/mol. The van der Waals surface area contributed by atoms with Crippen LogP contribution < -0.4 is 4.90 Å². The van der Waals surface area contributed by atoms with Crippen LogP contribution in [0.1, 0.15) is 61.5 Å². The third kappa shape index (κ3) is 2.27. The van der Waals surface area contributed by atoms with Crippen molar-refractivity contribution < 1.29 is 0 Å². The molecular weight excluding hydrogens is 392 g/mol. The van der Waals surface area contributed by atoms with Crippen LogP contribution in [-0.4, -0.2) is 20.6 Å². The summed E-state index contributed by atoms with van der Waals surface area (Å²) < 4.78 is 2.37. The second kappa shape index (κ2) is 6.44. The normalized spacial score (nSPS) is 20.6. The molecule has 3 aliphatic rings. The number of para-hydroxylation sites is 1. The molecule has 1 fully saturated rings. The van der Waals surface area contributed by atoms with Crippen LogP contribution in [0.25, 0.3) is 16.7 Å². The summed E-state index contributed by atoms with van der Waals surface area (Å²) in [6.45, 7) is 4.65. The molecule has 0 N–H and O–H groups in total. The van der Waals surface area contributed by atoms with Crippen LogP contribution in [0.4, 0.5) is 11.5 Å². The molecule has 0 amide bonds. The Bertz CT molecular complexity index is 1380. The van der Waals surface area contributed by atoms with Crippen LogP contribution in [0.3, 0.4) is 0 Å². The SMILES string of the molecule is Cc1cc2nc3n(c2cc1N1c2ncccc2C2(CCCCC2)C1C)-c1ccccc1C3. The quantitative estimate of drug-likeness (QED) is 0.316. The highest BCUT2D eigenvalue weighted by Crippen LogP contribution is 2.55.